The van der Waals surface area contributed by atoms with Crippen molar-refractivity contribution in [2.75, 3.05) is 0 Å². The van der Waals surface area contributed by atoms with Crippen molar-refractivity contribution in [2.24, 2.45) is 4.99 Å². The van der Waals surface area contributed by atoms with Crippen molar-refractivity contribution in [1.82, 2.24) is 0 Å². The van der Waals surface area contributed by atoms with Gasteiger partial charge < -0.3 is 4.42 Å². The Kier molecular flexibility index (Phi) is 5.53. The number of aliphatic imine (C=N–C) groups is 1. The summed E-state index contributed by atoms with van der Waals surface area (Å²) in [6.45, 7) is 0. The van der Waals surface area contributed by atoms with Crippen LogP contribution >= 0.6 is 35.1 Å². The van der Waals surface area contributed by atoms with Gasteiger partial charge in [0.25, 0.3) is 0 Å². The van der Waals surface area contributed by atoms with Crippen molar-refractivity contribution in [1.29, 1.82) is 0 Å². The summed E-state index contributed by atoms with van der Waals surface area (Å²) in [5.41, 5.74) is 2.42. The summed E-state index contributed by atoms with van der Waals surface area (Å²) in [4.78, 5) is 16.7. The van der Waals surface area contributed by atoms with Gasteiger partial charge in [-0.2, -0.15) is 0 Å². The second-order valence-electron chi connectivity index (χ2n) is 5.75. The number of rotatable bonds is 4. The monoisotopic (exact) mass is 411 g/mol. The molecule has 2 heterocycles. The maximum atomic E-state index is 12.2. The Morgan fingerprint density at radius 1 is 1.04 bits per heavy atom. The molecule has 0 fully saturated rings. The number of nitrogens with zero attached hydrogens (tertiary/aromatic N) is 1. The van der Waals surface area contributed by atoms with E-state index >= 15 is 0 Å². The second kappa shape index (κ2) is 8.21. The number of carbonyl (C=O) groups is 1. The van der Waals surface area contributed by atoms with E-state index in [2.05, 4.69) is 17.1 Å². The minimum absolute atomic E-state index is 0.0683. The molecule has 0 saturated carbocycles. The molecule has 0 unspecified atom stereocenters. The number of hydrogen-bond donors (Lipinski definition) is 0. The molecule has 0 saturated heterocycles. The third-order valence-corrected chi connectivity index (χ3v) is 6.26. The van der Waals surface area contributed by atoms with Crippen molar-refractivity contribution >= 4 is 50.7 Å². The van der Waals surface area contributed by atoms with Gasteiger partial charge >= 0.3 is 0 Å². The highest BCUT2D eigenvalue weighted by Crippen LogP contribution is 2.34. The molecule has 1 aliphatic rings. The van der Waals surface area contributed by atoms with Crippen LogP contribution in [-0.4, -0.2) is 9.49 Å². The third-order valence-electron chi connectivity index (χ3n) is 3.85. The lowest BCUT2D eigenvalue weighted by Gasteiger charge is -1.99. The Morgan fingerprint density at radius 3 is 2.63 bits per heavy atom. The molecule has 3 aromatic rings. The van der Waals surface area contributed by atoms with E-state index < -0.39 is 0 Å². The average Bonchev–Trinajstić information content (AvgIpc) is 3.28. The molecule has 2 aromatic carbocycles. The predicted molar refractivity (Wildman–Crippen MR) is 115 cm³/mol. The first-order valence-corrected chi connectivity index (χ1v) is 10.4. The molecule has 0 bridgehead atoms. The van der Waals surface area contributed by atoms with Crippen LogP contribution in [0, 0.1) is 0 Å². The van der Waals surface area contributed by atoms with Crippen molar-refractivity contribution in [3.63, 3.8) is 0 Å². The lowest BCUT2D eigenvalue weighted by Crippen LogP contribution is -1.88. The van der Waals surface area contributed by atoms with Gasteiger partial charge in [0, 0.05) is 17.4 Å². The zero-order valence-electron chi connectivity index (χ0n) is 14.1. The fourth-order valence-electron chi connectivity index (χ4n) is 2.54. The van der Waals surface area contributed by atoms with Crippen LogP contribution in [0.3, 0.4) is 0 Å². The average molecular weight is 412 g/mol. The zero-order chi connectivity index (χ0) is 18.6. The zero-order valence-corrected chi connectivity index (χ0v) is 16.5. The summed E-state index contributed by atoms with van der Waals surface area (Å²) in [6, 6.07) is 21.3. The summed E-state index contributed by atoms with van der Waals surface area (Å²) < 4.78 is 6.58. The Balaban J connectivity index is 1.49. The third kappa shape index (κ3) is 4.38. The maximum absolute atomic E-state index is 12.2. The minimum atomic E-state index is -0.0683. The van der Waals surface area contributed by atoms with Gasteiger partial charge in [-0.05, 0) is 41.6 Å². The van der Waals surface area contributed by atoms with Crippen LogP contribution in [0.1, 0.15) is 11.3 Å². The molecule has 0 aliphatic carbocycles. The highest BCUT2D eigenvalue weighted by Gasteiger charge is 2.23. The van der Waals surface area contributed by atoms with E-state index in [0.717, 1.165) is 27.5 Å². The molecule has 0 amide bonds. The van der Waals surface area contributed by atoms with Crippen LogP contribution in [0.4, 0.5) is 0 Å². The normalized spacial score (nSPS) is 15.4. The van der Waals surface area contributed by atoms with Gasteiger partial charge in [-0.15, -0.1) is 0 Å². The molecule has 1 aliphatic heterocycles. The van der Waals surface area contributed by atoms with E-state index in [1.54, 1.807) is 17.8 Å². The lowest BCUT2D eigenvalue weighted by molar-refractivity contribution is -0.107. The first-order chi connectivity index (χ1) is 13.2. The van der Waals surface area contributed by atoms with Crippen LogP contribution in [0.25, 0.3) is 17.4 Å². The van der Waals surface area contributed by atoms with E-state index in [1.807, 2.05) is 54.6 Å². The molecule has 6 heteroatoms. The number of halogens is 1. The molecule has 1 aromatic heterocycles. The van der Waals surface area contributed by atoms with E-state index in [9.17, 15) is 4.79 Å². The molecular weight excluding hydrogens is 398 g/mol. The Bertz CT molecular complexity index is 1040. The van der Waals surface area contributed by atoms with Crippen molar-refractivity contribution < 1.29 is 9.21 Å². The highest BCUT2D eigenvalue weighted by atomic mass is 35.5. The van der Waals surface area contributed by atoms with Crippen molar-refractivity contribution in [3.8, 4) is 11.3 Å². The second-order valence-corrected chi connectivity index (χ2v) is 8.34. The maximum Gasteiger partial charge on any atom is 0.244 e. The molecule has 0 atom stereocenters. The Hall–Kier alpha value is -2.21. The fourth-order valence-corrected chi connectivity index (χ4v) is 4.57. The Labute approximate surface area is 170 Å². The van der Waals surface area contributed by atoms with Gasteiger partial charge in [-0.3, -0.25) is 4.79 Å². The summed E-state index contributed by atoms with van der Waals surface area (Å²) >= 11 is 8.93. The molecular formula is C21H14ClNO2S2. The highest BCUT2D eigenvalue weighted by molar-refractivity contribution is 8.45. The van der Waals surface area contributed by atoms with Crippen molar-refractivity contribution in [3.05, 3.63) is 88.8 Å². The number of furan rings is 1. The smallest absolute Gasteiger partial charge is 0.244 e. The molecule has 27 heavy (non-hydrogen) atoms. The van der Waals surface area contributed by atoms with Crippen LogP contribution in [0.15, 0.2) is 81.8 Å². The van der Waals surface area contributed by atoms with Crippen molar-refractivity contribution in [2.45, 2.75) is 5.75 Å². The lowest BCUT2D eigenvalue weighted by atomic mass is 10.2. The summed E-state index contributed by atoms with van der Waals surface area (Å²) in [7, 11) is 0. The molecule has 0 N–H and O–H groups in total. The first kappa shape index (κ1) is 18.2. The van der Waals surface area contributed by atoms with E-state index in [-0.39, 0.29) is 5.12 Å². The molecule has 4 rings (SSSR count). The van der Waals surface area contributed by atoms with Crippen LogP contribution < -0.4 is 0 Å². The quantitative estimate of drug-likeness (QED) is 0.459. The van der Waals surface area contributed by atoms with Crippen LogP contribution in [-0.2, 0) is 10.5 Å². The SMILES string of the molecule is O=C1SC(SCc2ccccc2)=N/C1=C\c1ccc(-c2ccccc2Cl)o1. The molecule has 0 spiro atoms. The van der Waals surface area contributed by atoms with E-state index in [1.165, 1.54) is 5.56 Å². The van der Waals surface area contributed by atoms with E-state index in [0.29, 0.717) is 22.2 Å². The molecule has 3 nitrogen and oxygen atoms in total. The number of hydrogen-bond acceptors (Lipinski definition) is 5. The summed E-state index contributed by atoms with van der Waals surface area (Å²) in [5.74, 6) is 2.02. The number of carbonyl (C=O) groups excluding carboxylic acids is 1. The van der Waals surface area contributed by atoms with E-state index in [4.69, 9.17) is 16.0 Å². The topological polar surface area (TPSA) is 42.6 Å². The summed E-state index contributed by atoms with van der Waals surface area (Å²) in [6.07, 6.45) is 1.67. The summed E-state index contributed by atoms with van der Waals surface area (Å²) in [5, 5.41) is 0.553. The van der Waals surface area contributed by atoms with Gasteiger partial charge in [0.15, 0.2) is 0 Å². The first-order valence-electron chi connectivity index (χ1n) is 8.23. The minimum Gasteiger partial charge on any atom is -0.457 e. The Morgan fingerprint density at radius 2 is 1.81 bits per heavy atom. The number of thioether (sulfide) groups is 2. The van der Waals surface area contributed by atoms with Crippen LogP contribution in [0.5, 0.6) is 0 Å². The number of benzene rings is 2. The molecule has 0 radical (unpaired) electrons. The largest absolute Gasteiger partial charge is 0.457 e. The van der Waals surface area contributed by atoms with Crippen LogP contribution in [0.2, 0.25) is 5.02 Å². The van der Waals surface area contributed by atoms with Gasteiger partial charge in [0.2, 0.25) is 5.12 Å². The fraction of sp³-hybridized carbons (Fsp3) is 0.0476. The predicted octanol–water partition coefficient (Wildman–Crippen LogP) is 6.50. The van der Waals surface area contributed by atoms with Gasteiger partial charge in [-0.25, -0.2) is 4.99 Å². The standard InChI is InChI=1S/C21H14ClNO2S2/c22-17-9-5-4-8-16(17)19-11-10-15(25-19)12-18-20(24)27-21(23-18)26-13-14-6-2-1-3-7-14/h1-12H,13H2/b18-12-. The molecule has 134 valence electrons. The van der Waals surface area contributed by atoms with Gasteiger partial charge in [0.05, 0.1) is 5.02 Å². The van der Waals surface area contributed by atoms with Gasteiger partial charge in [-0.1, -0.05) is 65.8 Å². The van der Waals surface area contributed by atoms with Gasteiger partial charge in [0.1, 0.15) is 21.6 Å².